The third kappa shape index (κ3) is 3.28. The van der Waals surface area contributed by atoms with Gasteiger partial charge in [-0.2, -0.15) is 0 Å². The summed E-state index contributed by atoms with van der Waals surface area (Å²) in [5, 5.41) is 16.3. The lowest BCUT2D eigenvalue weighted by Crippen LogP contribution is -2.27. The lowest BCUT2D eigenvalue weighted by molar-refractivity contribution is -0.120. The second-order valence-corrected chi connectivity index (χ2v) is 5.79. The van der Waals surface area contributed by atoms with Crippen LogP contribution in [0.15, 0.2) is 40.3 Å². The van der Waals surface area contributed by atoms with Crippen LogP contribution in [0, 0.1) is 0 Å². The molecule has 3 rings (SSSR count). The van der Waals surface area contributed by atoms with Crippen LogP contribution < -0.4 is 5.32 Å². The molecule has 22 heavy (non-hydrogen) atoms. The van der Waals surface area contributed by atoms with Gasteiger partial charge in [0, 0.05) is 24.7 Å². The third-order valence-corrected chi connectivity index (χ3v) is 4.14. The standard InChI is InChI=1S/C14H15N5O2S/c1-19-9-16-17-14(19)22-7-6-15-13(20)8-11-10-4-2-3-5-12(10)21-18-11/h2-5,9H,6-8H2,1H3,(H,15,20). The van der Waals surface area contributed by atoms with E-state index in [1.165, 1.54) is 0 Å². The van der Waals surface area contributed by atoms with Crippen LogP contribution in [-0.2, 0) is 18.3 Å². The molecule has 0 bridgehead atoms. The highest BCUT2D eigenvalue weighted by Gasteiger charge is 2.11. The van der Waals surface area contributed by atoms with Crippen LogP contribution in [-0.4, -0.2) is 38.1 Å². The second-order valence-electron chi connectivity index (χ2n) is 4.73. The zero-order valence-corrected chi connectivity index (χ0v) is 12.8. The van der Waals surface area contributed by atoms with Crippen molar-refractivity contribution in [3.8, 4) is 0 Å². The van der Waals surface area contributed by atoms with Gasteiger partial charge < -0.3 is 14.4 Å². The lowest BCUT2D eigenvalue weighted by atomic mass is 10.2. The van der Waals surface area contributed by atoms with E-state index in [2.05, 4.69) is 20.7 Å². The summed E-state index contributed by atoms with van der Waals surface area (Å²) in [6.07, 6.45) is 1.86. The topological polar surface area (TPSA) is 85.8 Å². The molecule has 1 aromatic carbocycles. The van der Waals surface area contributed by atoms with Crippen molar-refractivity contribution in [1.82, 2.24) is 25.2 Å². The number of para-hydroxylation sites is 1. The van der Waals surface area contributed by atoms with E-state index in [4.69, 9.17) is 4.52 Å². The van der Waals surface area contributed by atoms with Gasteiger partial charge >= 0.3 is 0 Å². The Bertz CT molecular complexity index is 782. The number of nitrogens with zero attached hydrogens (tertiary/aromatic N) is 4. The van der Waals surface area contributed by atoms with Crippen molar-refractivity contribution >= 4 is 28.6 Å². The molecular weight excluding hydrogens is 302 g/mol. The number of benzene rings is 1. The Morgan fingerprint density at radius 2 is 2.27 bits per heavy atom. The average Bonchev–Trinajstić information content (AvgIpc) is 3.11. The minimum atomic E-state index is -0.0716. The monoisotopic (exact) mass is 317 g/mol. The van der Waals surface area contributed by atoms with E-state index in [0.29, 0.717) is 17.8 Å². The SMILES string of the molecule is Cn1cnnc1SCCNC(=O)Cc1noc2ccccc12. The van der Waals surface area contributed by atoms with Crippen LogP contribution in [0.3, 0.4) is 0 Å². The molecule has 0 radical (unpaired) electrons. The second kappa shape index (κ2) is 6.61. The van der Waals surface area contributed by atoms with Crippen molar-refractivity contribution in [3.63, 3.8) is 0 Å². The minimum absolute atomic E-state index is 0.0716. The Balaban J connectivity index is 1.47. The van der Waals surface area contributed by atoms with Gasteiger partial charge in [-0.25, -0.2) is 0 Å². The van der Waals surface area contributed by atoms with Gasteiger partial charge in [0.2, 0.25) is 5.91 Å². The third-order valence-electron chi connectivity index (χ3n) is 3.11. The number of aryl methyl sites for hydroxylation is 1. The number of aromatic nitrogens is 4. The maximum Gasteiger partial charge on any atom is 0.226 e. The highest BCUT2D eigenvalue weighted by Crippen LogP contribution is 2.18. The number of hydrogen-bond donors (Lipinski definition) is 1. The summed E-state index contributed by atoms with van der Waals surface area (Å²) in [7, 11) is 1.89. The van der Waals surface area contributed by atoms with Gasteiger partial charge in [-0.05, 0) is 12.1 Å². The first-order valence-corrected chi connectivity index (χ1v) is 7.79. The zero-order valence-electron chi connectivity index (χ0n) is 12.0. The van der Waals surface area contributed by atoms with Crippen molar-refractivity contribution in [3.05, 3.63) is 36.3 Å². The lowest BCUT2D eigenvalue weighted by Gasteiger charge is -2.03. The van der Waals surface area contributed by atoms with Gasteiger partial charge in [0.25, 0.3) is 0 Å². The van der Waals surface area contributed by atoms with Crippen molar-refractivity contribution in [2.75, 3.05) is 12.3 Å². The van der Waals surface area contributed by atoms with E-state index < -0.39 is 0 Å². The first-order valence-electron chi connectivity index (χ1n) is 6.81. The number of amides is 1. The number of thioether (sulfide) groups is 1. The summed E-state index contributed by atoms with van der Waals surface area (Å²) < 4.78 is 7.03. The zero-order chi connectivity index (χ0) is 15.4. The van der Waals surface area contributed by atoms with Gasteiger partial charge in [-0.1, -0.05) is 29.1 Å². The molecular formula is C14H15N5O2S. The van der Waals surface area contributed by atoms with Gasteiger partial charge in [-0.15, -0.1) is 10.2 Å². The van der Waals surface area contributed by atoms with Crippen LogP contribution in [0.1, 0.15) is 5.69 Å². The molecule has 2 aromatic heterocycles. The fourth-order valence-corrected chi connectivity index (χ4v) is 2.76. The van der Waals surface area contributed by atoms with E-state index in [0.717, 1.165) is 16.3 Å². The van der Waals surface area contributed by atoms with Crippen molar-refractivity contribution < 1.29 is 9.32 Å². The average molecular weight is 317 g/mol. The van der Waals surface area contributed by atoms with Gasteiger partial charge in [-0.3, -0.25) is 4.79 Å². The molecule has 8 heteroatoms. The Hall–Kier alpha value is -2.35. The molecule has 0 aliphatic carbocycles. The summed E-state index contributed by atoms with van der Waals surface area (Å²) in [5.74, 6) is 0.662. The summed E-state index contributed by atoms with van der Waals surface area (Å²) in [6, 6.07) is 7.51. The number of rotatable bonds is 6. The number of fused-ring (bicyclic) bond motifs is 1. The van der Waals surface area contributed by atoms with Crippen LogP contribution in [0.25, 0.3) is 11.0 Å². The number of carbonyl (C=O) groups is 1. The Labute approximate surface area is 131 Å². The van der Waals surface area contributed by atoms with Crippen LogP contribution >= 0.6 is 11.8 Å². The van der Waals surface area contributed by atoms with E-state index in [1.54, 1.807) is 18.1 Å². The van der Waals surface area contributed by atoms with Crippen molar-refractivity contribution in [2.45, 2.75) is 11.6 Å². The minimum Gasteiger partial charge on any atom is -0.356 e. The first-order chi connectivity index (χ1) is 10.7. The van der Waals surface area contributed by atoms with Crippen molar-refractivity contribution in [1.29, 1.82) is 0 Å². The largest absolute Gasteiger partial charge is 0.356 e. The molecule has 0 unspecified atom stereocenters. The molecule has 0 saturated carbocycles. The molecule has 0 spiro atoms. The fraction of sp³-hybridized carbons (Fsp3) is 0.286. The normalized spacial score (nSPS) is 11.0. The molecule has 114 valence electrons. The van der Waals surface area contributed by atoms with Crippen LogP contribution in [0.2, 0.25) is 0 Å². The molecule has 0 saturated heterocycles. The highest BCUT2D eigenvalue weighted by atomic mass is 32.2. The molecule has 0 fully saturated rings. The number of nitrogens with one attached hydrogen (secondary N) is 1. The molecule has 7 nitrogen and oxygen atoms in total. The molecule has 0 aliphatic heterocycles. The molecule has 0 aliphatic rings. The van der Waals surface area contributed by atoms with E-state index >= 15 is 0 Å². The molecule has 3 aromatic rings. The molecule has 2 heterocycles. The number of carbonyl (C=O) groups excluding carboxylic acids is 1. The fourth-order valence-electron chi connectivity index (χ4n) is 2.02. The summed E-state index contributed by atoms with van der Waals surface area (Å²) in [5.41, 5.74) is 1.36. The smallest absolute Gasteiger partial charge is 0.226 e. The van der Waals surface area contributed by atoms with Gasteiger partial charge in [0.05, 0.1) is 6.42 Å². The number of hydrogen-bond acceptors (Lipinski definition) is 6. The summed E-state index contributed by atoms with van der Waals surface area (Å²) in [6.45, 7) is 0.562. The molecule has 1 amide bonds. The van der Waals surface area contributed by atoms with Crippen LogP contribution in [0.4, 0.5) is 0 Å². The van der Waals surface area contributed by atoms with Gasteiger partial charge in [0.1, 0.15) is 12.0 Å². The van der Waals surface area contributed by atoms with E-state index in [-0.39, 0.29) is 12.3 Å². The Morgan fingerprint density at radius 3 is 3.09 bits per heavy atom. The van der Waals surface area contributed by atoms with Gasteiger partial charge in [0.15, 0.2) is 10.7 Å². The maximum absolute atomic E-state index is 11.9. The maximum atomic E-state index is 11.9. The highest BCUT2D eigenvalue weighted by molar-refractivity contribution is 7.99. The quantitative estimate of drug-likeness (QED) is 0.546. The van der Waals surface area contributed by atoms with Crippen LogP contribution in [0.5, 0.6) is 0 Å². The Morgan fingerprint density at radius 1 is 1.41 bits per heavy atom. The first kappa shape index (κ1) is 14.6. The molecule has 1 N–H and O–H groups in total. The van der Waals surface area contributed by atoms with E-state index in [1.807, 2.05) is 35.9 Å². The summed E-state index contributed by atoms with van der Waals surface area (Å²) in [4.78, 5) is 11.9. The predicted octanol–water partition coefficient (Wildman–Crippen LogP) is 1.41. The van der Waals surface area contributed by atoms with E-state index in [9.17, 15) is 4.79 Å². The van der Waals surface area contributed by atoms with Crippen molar-refractivity contribution in [2.24, 2.45) is 7.05 Å². The summed E-state index contributed by atoms with van der Waals surface area (Å²) >= 11 is 1.55. The molecule has 0 atom stereocenters. The predicted molar refractivity (Wildman–Crippen MR) is 82.4 cm³/mol. The Kier molecular flexibility index (Phi) is 4.38.